The van der Waals surface area contributed by atoms with E-state index in [1.807, 2.05) is 27.7 Å². The normalized spacial score (nSPS) is 20.0. The van der Waals surface area contributed by atoms with Crippen LogP contribution in [0, 0.1) is 5.95 Å². The lowest BCUT2D eigenvalue weighted by molar-refractivity contribution is 0.00578. The van der Waals surface area contributed by atoms with Crippen LogP contribution in [0.2, 0.25) is 0 Å². The third-order valence-electron chi connectivity index (χ3n) is 4.11. The standard InChI is InChI=1S/C14H17BFN3O2/c1-13(2)14(3,4)21-15(20-13)11-8-19(9-18-11)10-5-6-17-12(16)7-10/h5-9H,1-4H3. The average Bonchev–Trinajstić information content (AvgIpc) is 2.93. The fourth-order valence-corrected chi connectivity index (χ4v) is 2.12. The number of rotatable bonds is 2. The molecule has 1 aliphatic heterocycles. The molecular formula is C14H17BFN3O2. The highest BCUT2D eigenvalue weighted by Crippen LogP contribution is 2.36. The molecule has 0 spiro atoms. The summed E-state index contributed by atoms with van der Waals surface area (Å²) in [6.45, 7) is 7.95. The average molecular weight is 289 g/mol. The van der Waals surface area contributed by atoms with Gasteiger partial charge < -0.3 is 13.9 Å². The third kappa shape index (κ3) is 2.47. The maximum absolute atomic E-state index is 13.2. The van der Waals surface area contributed by atoms with Gasteiger partial charge in [-0.3, -0.25) is 0 Å². The van der Waals surface area contributed by atoms with Crippen molar-refractivity contribution in [1.82, 2.24) is 14.5 Å². The molecule has 5 nitrogen and oxygen atoms in total. The smallest absolute Gasteiger partial charge is 0.398 e. The van der Waals surface area contributed by atoms with Crippen LogP contribution >= 0.6 is 0 Å². The minimum atomic E-state index is -0.529. The Kier molecular flexibility index (Phi) is 3.14. The summed E-state index contributed by atoms with van der Waals surface area (Å²) in [6.07, 6.45) is 4.80. The summed E-state index contributed by atoms with van der Waals surface area (Å²) in [7, 11) is -0.525. The highest BCUT2D eigenvalue weighted by molar-refractivity contribution is 6.61. The van der Waals surface area contributed by atoms with E-state index in [-0.39, 0.29) is 0 Å². The van der Waals surface area contributed by atoms with Gasteiger partial charge >= 0.3 is 7.12 Å². The van der Waals surface area contributed by atoms with Crippen molar-refractivity contribution in [1.29, 1.82) is 0 Å². The summed E-state index contributed by atoms with van der Waals surface area (Å²) >= 11 is 0. The molecule has 0 unspecified atom stereocenters. The SMILES string of the molecule is CC1(C)OB(c2cn(-c3ccnc(F)c3)cn2)OC1(C)C. The van der Waals surface area contributed by atoms with E-state index in [2.05, 4.69) is 9.97 Å². The van der Waals surface area contributed by atoms with E-state index in [1.165, 1.54) is 12.3 Å². The number of nitrogens with zero attached hydrogens (tertiary/aromatic N) is 3. The van der Waals surface area contributed by atoms with Gasteiger partial charge in [0, 0.05) is 18.5 Å². The van der Waals surface area contributed by atoms with Crippen LogP contribution in [-0.2, 0) is 9.31 Å². The Bertz CT molecular complexity index is 656. The molecule has 2 aromatic heterocycles. The fraction of sp³-hybridized carbons (Fsp3) is 0.429. The quantitative estimate of drug-likeness (QED) is 0.624. The molecule has 0 amide bonds. The number of imidazole rings is 1. The van der Waals surface area contributed by atoms with Gasteiger partial charge in [0.1, 0.15) is 0 Å². The minimum absolute atomic E-state index is 0.412. The van der Waals surface area contributed by atoms with Gasteiger partial charge in [0.25, 0.3) is 0 Å². The summed E-state index contributed by atoms with van der Waals surface area (Å²) in [4.78, 5) is 7.84. The summed E-state index contributed by atoms with van der Waals surface area (Å²) in [5, 5.41) is 0. The van der Waals surface area contributed by atoms with Crippen LogP contribution in [0.3, 0.4) is 0 Å². The maximum atomic E-state index is 13.2. The fourth-order valence-electron chi connectivity index (χ4n) is 2.12. The Morgan fingerprint density at radius 1 is 1.14 bits per heavy atom. The van der Waals surface area contributed by atoms with E-state index >= 15 is 0 Å². The Morgan fingerprint density at radius 2 is 1.81 bits per heavy atom. The monoisotopic (exact) mass is 289 g/mol. The molecule has 0 aromatic carbocycles. The van der Waals surface area contributed by atoms with Crippen molar-refractivity contribution < 1.29 is 13.7 Å². The zero-order chi connectivity index (χ0) is 15.3. The van der Waals surface area contributed by atoms with Crippen molar-refractivity contribution in [3.8, 4) is 5.69 Å². The Labute approximate surface area is 123 Å². The van der Waals surface area contributed by atoms with Crippen LogP contribution in [0.5, 0.6) is 0 Å². The van der Waals surface area contributed by atoms with Crippen molar-refractivity contribution in [3.05, 3.63) is 36.8 Å². The van der Waals surface area contributed by atoms with E-state index in [0.717, 1.165) is 0 Å². The number of pyridine rings is 1. The van der Waals surface area contributed by atoms with Gasteiger partial charge in [-0.2, -0.15) is 4.39 Å². The van der Waals surface area contributed by atoms with Gasteiger partial charge in [0.15, 0.2) is 0 Å². The molecule has 0 saturated carbocycles. The lowest BCUT2D eigenvalue weighted by Crippen LogP contribution is -2.41. The van der Waals surface area contributed by atoms with Crippen LogP contribution in [-0.4, -0.2) is 32.9 Å². The Hall–Kier alpha value is -1.73. The van der Waals surface area contributed by atoms with Gasteiger partial charge in [-0.25, -0.2) is 9.97 Å². The molecule has 3 rings (SSSR count). The minimum Gasteiger partial charge on any atom is -0.398 e. The van der Waals surface area contributed by atoms with Crippen molar-refractivity contribution in [2.45, 2.75) is 38.9 Å². The van der Waals surface area contributed by atoms with E-state index < -0.39 is 24.3 Å². The summed E-state index contributed by atoms with van der Waals surface area (Å²) in [5.41, 5.74) is 0.484. The summed E-state index contributed by atoms with van der Waals surface area (Å²) in [6, 6.07) is 3.05. The molecule has 0 atom stereocenters. The number of hydrogen-bond donors (Lipinski definition) is 0. The van der Waals surface area contributed by atoms with Crippen LogP contribution < -0.4 is 5.59 Å². The summed E-state index contributed by atoms with van der Waals surface area (Å²) < 4.78 is 26.8. The zero-order valence-corrected chi connectivity index (χ0v) is 12.5. The first-order valence-electron chi connectivity index (χ1n) is 6.80. The van der Waals surface area contributed by atoms with E-state index in [1.54, 1.807) is 23.2 Å². The van der Waals surface area contributed by atoms with Gasteiger partial charge in [-0.05, 0) is 33.8 Å². The molecule has 0 N–H and O–H groups in total. The van der Waals surface area contributed by atoms with Crippen LogP contribution in [0.15, 0.2) is 30.9 Å². The first-order valence-corrected chi connectivity index (χ1v) is 6.80. The number of halogens is 1. The second kappa shape index (κ2) is 4.64. The van der Waals surface area contributed by atoms with E-state index in [9.17, 15) is 4.39 Å². The molecule has 110 valence electrons. The van der Waals surface area contributed by atoms with Gasteiger partial charge in [0.05, 0.1) is 28.8 Å². The molecule has 21 heavy (non-hydrogen) atoms. The number of hydrogen-bond acceptors (Lipinski definition) is 4. The Balaban J connectivity index is 1.87. The predicted molar refractivity (Wildman–Crippen MR) is 77.0 cm³/mol. The molecule has 1 aliphatic rings. The molecule has 1 fully saturated rings. The summed E-state index contributed by atoms with van der Waals surface area (Å²) in [5.74, 6) is -0.529. The van der Waals surface area contributed by atoms with E-state index in [4.69, 9.17) is 9.31 Å². The first-order chi connectivity index (χ1) is 9.78. The first kappa shape index (κ1) is 14.2. The maximum Gasteiger partial charge on any atom is 0.516 e. The van der Waals surface area contributed by atoms with Crippen LogP contribution in [0.1, 0.15) is 27.7 Å². The largest absolute Gasteiger partial charge is 0.516 e. The van der Waals surface area contributed by atoms with Gasteiger partial charge in [0.2, 0.25) is 5.95 Å². The van der Waals surface area contributed by atoms with Crippen molar-refractivity contribution >= 4 is 12.7 Å². The second-order valence-electron chi connectivity index (χ2n) is 6.13. The van der Waals surface area contributed by atoms with Crippen LogP contribution in [0.4, 0.5) is 4.39 Å². The molecule has 0 bridgehead atoms. The van der Waals surface area contributed by atoms with Crippen molar-refractivity contribution in [2.75, 3.05) is 0 Å². The predicted octanol–water partition coefficient (Wildman–Crippen LogP) is 1.71. The molecule has 7 heteroatoms. The third-order valence-corrected chi connectivity index (χ3v) is 4.11. The molecular weight excluding hydrogens is 272 g/mol. The molecule has 3 heterocycles. The number of aromatic nitrogens is 3. The molecule has 0 radical (unpaired) electrons. The lowest BCUT2D eigenvalue weighted by atomic mass is 9.86. The van der Waals surface area contributed by atoms with Crippen molar-refractivity contribution in [3.63, 3.8) is 0 Å². The van der Waals surface area contributed by atoms with Crippen molar-refractivity contribution in [2.24, 2.45) is 0 Å². The highest BCUT2D eigenvalue weighted by Gasteiger charge is 2.52. The second-order valence-corrected chi connectivity index (χ2v) is 6.13. The molecule has 1 saturated heterocycles. The van der Waals surface area contributed by atoms with Crippen LogP contribution in [0.25, 0.3) is 5.69 Å². The lowest BCUT2D eigenvalue weighted by Gasteiger charge is -2.32. The molecule has 0 aliphatic carbocycles. The Morgan fingerprint density at radius 3 is 2.43 bits per heavy atom. The van der Waals surface area contributed by atoms with E-state index in [0.29, 0.717) is 11.3 Å². The van der Waals surface area contributed by atoms with Gasteiger partial charge in [-0.15, -0.1) is 0 Å². The zero-order valence-electron chi connectivity index (χ0n) is 12.5. The van der Waals surface area contributed by atoms with Gasteiger partial charge in [-0.1, -0.05) is 0 Å². The topological polar surface area (TPSA) is 49.2 Å². The highest BCUT2D eigenvalue weighted by atomic mass is 19.1. The molecule has 2 aromatic rings.